The second-order valence-corrected chi connectivity index (χ2v) is 8.87. The third-order valence-electron chi connectivity index (χ3n) is 6.72. The Morgan fingerprint density at radius 1 is 1.08 bits per heavy atom. The molecule has 1 aromatic heterocycles. The van der Waals surface area contributed by atoms with Crippen LogP contribution in [0.5, 0.6) is 5.75 Å². The second kappa shape index (κ2) is 9.36. The van der Waals surface area contributed by atoms with Crippen molar-refractivity contribution in [3.05, 3.63) is 71.7 Å². The van der Waals surface area contributed by atoms with Crippen LogP contribution in [0.2, 0.25) is 0 Å². The molecule has 3 heterocycles. The first-order valence-corrected chi connectivity index (χ1v) is 11.6. The van der Waals surface area contributed by atoms with E-state index in [4.69, 9.17) is 4.74 Å². The van der Waals surface area contributed by atoms with E-state index in [0.29, 0.717) is 37.5 Å². The van der Waals surface area contributed by atoms with Gasteiger partial charge in [0.1, 0.15) is 22.9 Å². The summed E-state index contributed by atoms with van der Waals surface area (Å²) in [6.07, 6.45) is -3.60. The largest absolute Gasteiger partial charge is 0.497 e. The first-order chi connectivity index (χ1) is 17.2. The molecule has 190 valence electrons. The summed E-state index contributed by atoms with van der Waals surface area (Å²) in [7, 11) is 1.49. The molecule has 1 amide bonds. The van der Waals surface area contributed by atoms with Gasteiger partial charge in [-0.25, -0.2) is 9.07 Å². The van der Waals surface area contributed by atoms with Crippen molar-refractivity contribution in [1.82, 2.24) is 14.7 Å². The van der Waals surface area contributed by atoms with Crippen LogP contribution in [0.25, 0.3) is 0 Å². The highest BCUT2D eigenvalue weighted by molar-refractivity contribution is 5.99. The molecule has 7 nitrogen and oxygen atoms in total. The number of carbonyl (C=O) groups excluding carboxylic acids is 1. The van der Waals surface area contributed by atoms with Crippen LogP contribution in [-0.4, -0.2) is 60.1 Å². The number of alkyl halides is 3. The number of rotatable bonds is 4. The number of halogens is 4. The van der Waals surface area contributed by atoms with Gasteiger partial charge in [0.15, 0.2) is 6.04 Å². The van der Waals surface area contributed by atoms with Gasteiger partial charge in [-0.05, 0) is 42.0 Å². The van der Waals surface area contributed by atoms with Crippen molar-refractivity contribution >= 4 is 17.4 Å². The minimum absolute atomic E-state index is 0.0577. The maximum absolute atomic E-state index is 14.0. The number of anilines is 2. The Balaban J connectivity index is 1.38. The highest BCUT2D eigenvalue weighted by atomic mass is 19.4. The fourth-order valence-corrected chi connectivity index (χ4v) is 4.79. The van der Waals surface area contributed by atoms with Crippen molar-refractivity contribution in [2.45, 2.75) is 24.7 Å². The van der Waals surface area contributed by atoms with E-state index in [0.717, 1.165) is 10.4 Å². The average Bonchev–Trinajstić information content (AvgIpc) is 3.31. The smallest absolute Gasteiger partial charge is 0.410 e. The molecular formula is C25H25F4N5O2. The molecule has 0 aliphatic carbocycles. The topological polar surface area (TPSA) is 62.6 Å². The van der Waals surface area contributed by atoms with E-state index in [9.17, 15) is 22.4 Å². The van der Waals surface area contributed by atoms with Crippen LogP contribution in [0.15, 0.2) is 54.7 Å². The average molecular weight is 504 g/mol. The van der Waals surface area contributed by atoms with Crippen molar-refractivity contribution in [2.24, 2.45) is 0 Å². The molecule has 2 aliphatic heterocycles. The van der Waals surface area contributed by atoms with E-state index in [2.05, 4.69) is 10.4 Å². The second-order valence-electron chi connectivity index (χ2n) is 8.87. The Kier molecular flexibility index (Phi) is 6.23. The lowest BCUT2D eigenvalue weighted by atomic mass is 9.96. The van der Waals surface area contributed by atoms with Crippen molar-refractivity contribution in [2.75, 3.05) is 43.5 Å². The Hall–Kier alpha value is -3.76. The molecule has 36 heavy (non-hydrogen) atoms. The van der Waals surface area contributed by atoms with Gasteiger partial charge in [0, 0.05) is 38.3 Å². The molecule has 0 unspecified atom stereocenters. The number of nitrogens with zero attached hydrogens (tertiary/aromatic N) is 4. The summed E-state index contributed by atoms with van der Waals surface area (Å²) in [6, 6.07) is 10.4. The van der Waals surface area contributed by atoms with Gasteiger partial charge >= 0.3 is 6.18 Å². The summed E-state index contributed by atoms with van der Waals surface area (Å²) in [6.45, 7) is 1.80. The van der Waals surface area contributed by atoms with Gasteiger partial charge in [0.25, 0.3) is 5.91 Å². The zero-order valence-electron chi connectivity index (χ0n) is 19.5. The molecule has 1 fully saturated rings. The lowest BCUT2D eigenvalue weighted by Crippen LogP contribution is -2.49. The lowest BCUT2D eigenvalue weighted by Gasteiger charge is -2.37. The molecule has 5 rings (SSSR count). The summed E-state index contributed by atoms with van der Waals surface area (Å²) < 4.78 is 61.4. The molecule has 3 aromatic rings. The maximum atomic E-state index is 14.0. The predicted molar refractivity (Wildman–Crippen MR) is 126 cm³/mol. The van der Waals surface area contributed by atoms with Crippen LogP contribution in [-0.2, 0) is 0 Å². The van der Waals surface area contributed by atoms with Gasteiger partial charge in [0.2, 0.25) is 0 Å². The fourth-order valence-electron chi connectivity index (χ4n) is 4.79. The minimum atomic E-state index is -4.54. The molecule has 0 radical (unpaired) electrons. The lowest BCUT2D eigenvalue weighted by molar-refractivity contribution is -0.173. The number of carbonyl (C=O) groups is 1. The van der Waals surface area contributed by atoms with Crippen molar-refractivity contribution in [1.29, 1.82) is 0 Å². The fraction of sp³-hybridized carbons (Fsp3) is 0.360. The predicted octanol–water partition coefficient (Wildman–Crippen LogP) is 4.65. The maximum Gasteiger partial charge on any atom is 0.410 e. The van der Waals surface area contributed by atoms with Crippen LogP contribution in [0.1, 0.15) is 34.4 Å². The Morgan fingerprint density at radius 3 is 2.47 bits per heavy atom. The summed E-state index contributed by atoms with van der Waals surface area (Å²) in [5, 5.41) is 7.10. The number of hydrogen-bond donors (Lipinski definition) is 1. The molecule has 0 bridgehead atoms. The quantitative estimate of drug-likeness (QED) is 0.525. The molecule has 0 saturated carbocycles. The molecule has 2 atom stereocenters. The summed E-state index contributed by atoms with van der Waals surface area (Å²) in [5.74, 6) is -0.111. The highest BCUT2D eigenvalue weighted by Gasteiger charge is 2.47. The van der Waals surface area contributed by atoms with Crippen LogP contribution in [0, 0.1) is 5.82 Å². The van der Waals surface area contributed by atoms with Crippen molar-refractivity contribution in [3.63, 3.8) is 0 Å². The van der Waals surface area contributed by atoms with E-state index in [1.54, 1.807) is 41.3 Å². The van der Waals surface area contributed by atoms with Crippen molar-refractivity contribution < 1.29 is 27.1 Å². The third-order valence-corrected chi connectivity index (χ3v) is 6.72. The van der Waals surface area contributed by atoms with Gasteiger partial charge in [-0.2, -0.15) is 18.3 Å². The SMILES string of the molecule is COc1cccc([C@H]2C[C@@H](C(F)(F)F)n3ncc(C(=O)N4CCN(c5ccc(F)cc5)CC4)c3N2)c1. The number of amides is 1. The van der Waals surface area contributed by atoms with Gasteiger partial charge in [0.05, 0.1) is 19.3 Å². The standard InChI is InChI=1S/C25H25F4N5O2/c1-36-19-4-2-3-16(13-19)21-14-22(25(27,28)29)34-23(31-21)20(15-30-34)24(35)33-11-9-32(10-12-33)18-7-5-17(26)6-8-18/h2-8,13,15,21-22,31H,9-12,14H2,1H3/t21-,22+/m1/s1. The summed E-state index contributed by atoms with van der Waals surface area (Å²) in [4.78, 5) is 17.0. The van der Waals surface area contributed by atoms with Gasteiger partial charge in [-0.1, -0.05) is 12.1 Å². The van der Waals surface area contributed by atoms with Gasteiger partial charge in [-0.3, -0.25) is 4.79 Å². The molecule has 1 N–H and O–H groups in total. The van der Waals surface area contributed by atoms with Gasteiger partial charge < -0.3 is 19.9 Å². The van der Waals surface area contributed by atoms with E-state index >= 15 is 0 Å². The monoisotopic (exact) mass is 503 g/mol. The number of piperazine rings is 1. The summed E-state index contributed by atoms with van der Waals surface area (Å²) >= 11 is 0. The zero-order chi connectivity index (χ0) is 25.4. The number of methoxy groups -OCH3 is 1. The van der Waals surface area contributed by atoms with Crippen LogP contribution < -0.4 is 15.0 Å². The normalized spacial score (nSPS) is 20.0. The first kappa shape index (κ1) is 24.0. The number of fused-ring (bicyclic) bond motifs is 1. The molecule has 2 aliphatic rings. The number of hydrogen-bond acceptors (Lipinski definition) is 5. The number of nitrogens with one attached hydrogen (secondary N) is 1. The number of aromatic nitrogens is 2. The molecule has 1 saturated heterocycles. The zero-order valence-corrected chi connectivity index (χ0v) is 19.5. The molecular weight excluding hydrogens is 478 g/mol. The molecule has 11 heteroatoms. The van der Waals surface area contributed by atoms with Crippen LogP contribution in [0.3, 0.4) is 0 Å². The molecule has 2 aromatic carbocycles. The Morgan fingerprint density at radius 2 is 1.81 bits per heavy atom. The van der Waals surface area contributed by atoms with E-state index < -0.39 is 18.3 Å². The summed E-state index contributed by atoms with van der Waals surface area (Å²) in [5.41, 5.74) is 1.58. The number of benzene rings is 2. The first-order valence-electron chi connectivity index (χ1n) is 11.6. The van der Waals surface area contributed by atoms with E-state index in [-0.39, 0.29) is 29.5 Å². The number of ether oxygens (including phenoxy) is 1. The van der Waals surface area contributed by atoms with Crippen LogP contribution in [0.4, 0.5) is 29.1 Å². The third kappa shape index (κ3) is 4.57. The van der Waals surface area contributed by atoms with Crippen molar-refractivity contribution in [3.8, 4) is 5.75 Å². The van der Waals surface area contributed by atoms with Gasteiger partial charge in [-0.15, -0.1) is 0 Å². The van der Waals surface area contributed by atoms with E-state index in [1.807, 2.05) is 4.90 Å². The minimum Gasteiger partial charge on any atom is -0.497 e. The Bertz CT molecular complexity index is 1240. The highest BCUT2D eigenvalue weighted by Crippen LogP contribution is 2.44. The van der Waals surface area contributed by atoms with Crippen LogP contribution >= 0.6 is 0 Å². The van der Waals surface area contributed by atoms with E-state index in [1.165, 1.54) is 25.4 Å². The molecule has 0 spiro atoms. The Labute approximate surface area is 205 Å².